The summed E-state index contributed by atoms with van der Waals surface area (Å²) < 4.78 is 2.41. The second kappa shape index (κ2) is 15.1. The zero-order valence-corrected chi connectivity index (χ0v) is 33.0. The van der Waals surface area contributed by atoms with Crippen LogP contribution in [0.5, 0.6) is 0 Å². The number of fused-ring (bicyclic) bond motifs is 4. The molecule has 0 radical (unpaired) electrons. The van der Waals surface area contributed by atoms with E-state index in [9.17, 15) is 0 Å². The van der Waals surface area contributed by atoms with Gasteiger partial charge in [-0.05, 0) is 98.2 Å². The highest BCUT2D eigenvalue weighted by molar-refractivity contribution is 6.17. The number of nitrogens with zero attached hydrogens (tertiary/aromatic N) is 2. The van der Waals surface area contributed by atoms with Gasteiger partial charge in [0.15, 0.2) is 0 Å². The molecule has 11 rings (SSSR count). The summed E-state index contributed by atoms with van der Waals surface area (Å²) in [5.41, 5.74) is 16.2. The van der Waals surface area contributed by atoms with Crippen molar-refractivity contribution in [1.82, 2.24) is 4.57 Å². The largest absolute Gasteiger partial charge is 0.309 e. The van der Waals surface area contributed by atoms with Crippen molar-refractivity contribution in [3.8, 4) is 50.2 Å². The molecule has 0 aliphatic carbocycles. The molecular weight excluding hydrogens is 725 g/mol. The fraction of sp³-hybridized carbons (Fsp3) is 0. The molecule has 0 unspecified atom stereocenters. The molecule has 0 saturated heterocycles. The fourth-order valence-corrected chi connectivity index (χ4v) is 9.18. The monoisotopic (exact) mass is 764 g/mol. The summed E-state index contributed by atoms with van der Waals surface area (Å²) in [5, 5.41) is 4.86. The fourth-order valence-electron chi connectivity index (χ4n) is 9.18. The maximum Gasteiger partial charge on any atom is 0.0562 e. The third kappa shape index (κ3) is 6.06. The topological polar surface area (TPSA) is 8.17 Å². The van der Waals surface area contributed by atoms with Crippen LogP contribution in [-0.4, -0.2) is 4.57 Å². The lowest BCUT2D eigenvalue weighted by atomic mass is 9.87. The molecule has 2 heteroatoms. The predicted octanol–water partition coefficient (Wildman–Crippen LogP) is 16.1. The summed E-state index contributed by atoms with van der Waals surface area (Å²) in [6.07, 6.45) is 0. The SMILES string of the molecule is c1ccc(-c2ccccc2-c2c(-c3ccccc3)cccc2N(c2cccc(-c3cccc4ccccc34)c2)c2cccc3c2c2ccccc2n3-c2ccccc2)cc1. The number of aromatic nitrogens is 1. The van der Waals surface area contributed by atoms with Crippen molar-refractivity contribution in [2.24, 2.45) is 0 Å². The molecule has 1 heterocycles. The van der Waals surface area contributed by atoms with Crippen LogP contribution >= 0.6 is 0 Å². The lowest BCUT2D eigenvalue weighted by Gasteiger charge is -2.31. The zero-order chi connectivity index (χ0) is 39.8. The van der Waals surface area contributed by atoms with E-state index in [1.165, 1.54) is 71.6 Å². The third-order valence-electron chi connectivity index (χ3n) is 11.8. The summed E-state index contributed by atoms with van der Waals surface area (Å²) in [6, 6.07) is 88.1. The summed E-state index contributed by atoms with van der Waals surface area (Å²) in [6.45, 7) is 0. The quantitative estimate of drug-likeness (QED) is 0.150. The average Bonchev–Trinajstić information content (AvgIpc) is 3.67. The van der Waals surface area contributed by atoms with E-state index in [4.69, 9.17) is 0 Å². The number of anilines is 3. The Kier molecular flexibility index (Phi) is 8.87. The molecule has 0 aliphatic rings. The van der Waals surface area contributed by atoms with E-state index in [2.05, 4.69) is 252 Å². The zero-order valence-electron chi connectivity index (χ0n) is 33.0. The Balaban J connectivity index is 1.26. The van der Waals surface area contributed by atoms with Crippen LogP contribution in [0.15, 0.2) is 243 Å². The first kappa shape index (κ1) is 35.2. The van der Waals surface area contributed by atoms with Crippen LogP contribution in [0.3, 0.4) is 0 Å². The summed E-state index contributed by atoms with van der Waals surface area (Å²) in [4.78, 5) is 2.52. The Morgan fingerprint density at radius 2 is 0.833 bits per heavy atom. The molecule has 0 aliphatic heterocycles. The maximum absolute atomic E-state index is 2.52. The smallest absolute Gasteiger partial charge is 0.0562 e. The number of benzene rings is 10. The van der Waals surface area contributed by atoms with Crippen LogP contribution in [0, 0.1) is 0 Å². The van der Waals surface area contributed by atoms with Crippen LogP contribution in [0.1, 0.15) is 0 Å². The molecule has 0 fully saturated rings. The van der Waals surface area contributed by atoms with Gasteiger partial charge in [0.1, 0.15) is 0 Å². The Morgan fingerprint density at radius 3 is 1.63 bits per heavy atom. The van der Waals surface area contributed by atoms with Gasteiger partial charge in [-0.3, -0.25) is 0 Å². The van der Waals surface area contributed by atoms with Crippen molar-refractivity contribution in [3.05, 3.63) is 243 Å². The number of rotatable bonds is 8. The molecule has 0 bridgehead atoms. The van der Waals surface area contributed by atoms with Gasteiger partial charge in [0, 0.05) is 27.7 Å². The van der Waals surface area contributed by atoms with Crippen LogP contribution in [0.4, 0.5) is 17.1 Å². The summed E-state index contributed by atoms with van der Waals surface area (Å²) in [7, 11) is 0. The van der Waals surface area contributed by atoms with E-state index < -0.39 is 0 Å². The van der Waals surface area contributed by atoms with Gasteiger partial charge in [0.05, 0.1) is 22.4 Å². The molecule has 282 valence electrons. The van der Waals surface area contributed by atoms with Crippen molar-refractivity contribution in [2.75, 3.05) is 4.90 Å². The van der Waals surface area contributed by atoms with Crippen LogP contribution in [0.2, 0.25) is 0 Å². The van der Waals surface area contributed by atoms with Crippen molar-refractivity contribution in [3.63, 3.8) is 0 Å². The Labute approximate surface area is 350 Å². The van der Waals surface area contributed by atoms with Gasteiger partial charge in [-0.25, -0.2) is 0 Å². The minimum Gasteiger partial charge on any atom is -0.309 e. The van der Waals surface area contributed by atoms with E-state index in [0.29, 0.717) is 0 Å². The van der Waals surface area contributed by atoms with Crippen LogP contribution < -0.4 is 4.90 Å². The van der Waals surface area contributed by atoms with Crippen LogP contribution in [0.25, 0.3) is 82.8 Å². The highest BCUT2D eigenvalue weighted by Crippen LogP contribution is 2.51. The van der Waals surface area contributed by atoms with E-state index >= 15 is 0 Å². The standard InChI is InChI=1S/C58H40N2/c1-4-20-41(21-5-1)48-31-12-13-32-51(48)57-50(43-22-6-2-7-23-43)35-18-37-54(57)60(46-29-16-26-44(40-46)49-34-17-25-42-24-10-11-30-47(42)49)56-39-19-38-55-58(56)52-33-14-15-36-53(52)59(55)45-27-8-3-9-28-45/h1-40H. The van der Waals surface area contributed by atoms with E-state index in [1.54, 1.807) is 0 Å². The molecule has 1 aromatic heterocycles. The van der Waals surface area contributed by atoms with Gasteiger partial charge >= 0.3 is 0 Å². The van der Waals surface area contributed by atoms with E-state index in [0.717, 1.165) is 28.3 Å². The van der Waals surface area contributed by atoms with Crippen molar-refractivity contribution in [2.45, 2.75) is 0 Å². The Bertz CT molecular complexity index is 3300. The highest BCUT2D eigenvalue weighted by Gasteiger charge is 2.26. The molecule has 0 amide bonds. The minimum atomic E-state index is 1.08. The van der Waals surface area contributed by atoms with Gasteiger partial charge in [-0.15, -0.1) is 0 Å². The maximum atomic E-state index is 2.52. The van der Waals surface area contributed by atoms with Gasteiger partial charge in [0.2, 0.25) is 0 Å². The molecule has 11 aromatic rings. The first-order valence-electron chi connectivity index (χ1n) is 20.6. The predicted molar refractivity (Wildman–Crippen MR) is 255 cm³/mol. The second-order valence-corrected chi connectivity index (χ2v) is 15.2. The lowest BCUT2D eigenvalue weighted by Crippen LogP contribution is -2.12. The summed E-state index contributed by atoms with van der Waals surface area (Å²) >= 11 is 0. The molecule has 0 atom stereocenters. The molecule has 0 spiro atoms. The normalized spacial score (nSPS) is 11.3. The third-order valence-corrected chi connectivity index (χ3v) is 11.8. The first-order valence-corrected chi connectivity index (χ1v) is 20.6. The molecule has 10 aromatic carbocycles. The number of hydrogen-bond donors (Lipinski definition) is 0. The van der Waals surface area contributed by atoms with Gasteiger partial charge in [0.25, 0.3) is 0 Å². The van der Waals surface area contributed by atoms with E-state index in [-0.39, 0.29) is 0 Å². The molecule has 2 nitrogen and oxygen atoms in total. The Morgan fingerprint density at radius 1 is 0.317 bits per heavy atom. The van der Waals surface area contributed by atoms with Crippen LogP contribution in [-0.2, 0) is 0 Å². The minimum absolute atomic E-state index is 1.08. The molecule has 60 heavy (non-hydrogen) atoms. The summed E-state index contributed by atoms with van der Waals surface area (Å²) in [5.74, 6) is 0. The van der Waals surface area contributed by atoms with Crippen molar-refractivity contribution in [1.29, 1.82) is 0 Å². The Hall–Kier alpha value is -7.94. The molecule has 0 N–H and O–H groups in total. The van der Waals surface area contributed by atoms with Crippen molar-refractivity contribution >= 4 is 49.6 Å². The first-order chi connectivity index (χ1) is 29.8. The molecular formula is C58H40N2. The van der Waals surface area contributed by atoms with Gasteiger partial charge < -0.3 is 9.47 Å². The highest BCUT2D eigenvalue weighted by atomic mass is 15.2. The van der Waals surface area contributed by atoms with Gasteiger partial charge in [-0.2, -0.15) is 0 Å². The average molecular weight is 765 g/mol. The van der Waals surface area contributed by atoms with Gasteiger partial charge in [-0.1, -0.05) is 194 Å². The second-order valence-electron chi connectivity index (χ2n) is 15.2. The molecule has 0 saturated carbocycles. The lowest BCUT2D eigenvalue weighted by molar-refractivity contribution is 1.18. The number of para-hydroxylation sites is 2. The number of hydrogen-bond acceptors (Lipinski definition) is 1. The van der Waals surface area contributed by atoms with Crippen molar-refractivity contribution < 1.29 is 0 Å². The van der Waals surface area contributed by atoms with E-state index in [1.807, 2.05) is 0 Å².